The molecule has 0 radical (unpaired) electrons. The van der Waals surface area contributed by atoms with Gasteiger partial charge in [-0.1, -0.05) is 101 Å². The van der Waals surface area contributed by atoms with Crippen molar-refractivity contribution in [1.29, 1.82) is 0 Å². The number of thioether (sulfide) groups is 1. The second-order valence-corrected chi connectivity index (χ2v) is 9.86. The SMILES string of the molecule is O=C1NC(=S)S/C1=C/c1cc(-c2ccccc2)n(-c2ccc(Br)cc2)c1-c1ccccc1. The van der Waals surface area contributed by atoms with Crippen molar-refractivity contribution in [3.8, 4) is 28.2 Å². The van der Waals surface area contributed by atoms with Crippen molar-refractivity contribution >= 4 is 56.2 Å². The van der Waals surface area contributed by atoms with Gasteiger partial charge in [0.05, 0.1) is 16.3 Å². The van der Waals surface area contributed by atoms with Gasteiger partial charge in [0.15, 0.2) is 0 Å². The fourth-order valence-electron chi connectivity index (χ4n) is 3.77. The Morgan fingerprint density at radius 3 is 2.09 bits per heavy atom. The van der Waals surface area contributed by atoms with Gasteiger partial charge >= 0.3 is 0 Å². The maximum absolute atomic E-state index is 12.4. The zero-order valence-corrected chi connectivity index (χ0v) is 20.0. The van der Waals surface area contributed by atoms with Gasteiger partial charge in [0.1, 0.15) is 4.32 Å². The normalized spacial score (nSPS) is 14.7. The minimum atomic E-state index is -0.156. The van der Waals surface area contributed by atoms with Crippen LogP contribution in [0.2, 0.25) is 0 Å². The van der Waals surface area contributed by atoms with Gasteiger partial charge in [0.25, 0.3) is 5.91 Å². The molecule has 0 unspecified atom stereocenters. The summed E-state index contributed by atoms with van der Waals surface area (Å²) in [6.45, 7) is 0. The first-order valence-corrected chi connectivity index (χ1v) is 12.0. The van der Waals surface area contributed by atoms with Crippen molar-refractivity contribution in [1.82, 2.24) is 9.88 Å². The zero-order chi connectivity index (χ0) is 22.1. The smallest absolute Gasteiger partial charge is 0.263 e. The van der Waals surface area contributed by atoms with E-state index in [4.69, 9.17) is 12.2 Å². The number of carbonyl (C=O) groups excluding carboxylic acids is 1. The number of nitrogens with one attached hydrogen (secondary N) is 1. The van der Waals surface area contributed by atoms with Crippen LogP contribution in [-0.4, -0.2) is 14.8 Å². The first kappa shape index (κ1) is 20.9. The lowest BCUT2D eigenvalue weighted by Crippen LogP contribution is -2.17. The summed E-state index contributed by atoms with van der Waals surface area (Å²) < 4.78 is 3.75. The third kappa shape index (κ3) is 4.09. The molecule has 1 saturated heterocycles. The maximum Gasteiger partial charge on any atom is 0.263 e. The summed E-state index contributed by atoms with van der Waals surface area (Å²) in [5.41, 5.74) is 6.22. The molecule has 1 aliphatic rings. The number of hydrogen-bond acceptors (Lipinski definition) is 3. The van der Waals surface area contributed by atoms with Gasteiger partial charge in [-0.3, -0.25) is 4.79 Å². The number of amides is 1. The molecule has 32 heavy (non-hydrogen) atoms. The number of rotatable bonds is 4. The molecule has 156 valence electrons. The van der Waals surface area contributed by atoms with Crippen molar-refractivity contribution in [2.75, 3.05) is 0 Å². The fourth-order valence-corrected chi connectivity index (χ4v) is 5.07. The molecule has 3 aromatic carbocycles. The van der Waals surface area contributed by atoms with Crippen LogP contribution in [0.25, 0.3) is 34.3 Å². The van der Waals surface area contributed by atoms with Crippen LogP contribution in [0.5, 0.6) is 0 Å². The average molecular weight is 517 g/mol. The Morgan fingerprint density at radius 1 is 0.875 bits per heavy atom. The topological polar surface area (TPSA) is 34.0 Å². The Balaban J connectivity index is 1.83. The maximum atomic E-state index is 12.4. The molecule has 0 saturated carbocycles. The minimum absolute atomic E-state index is 0.156. The summed E-state index contributed by atoms with van der Waals surface area (Å²) in [7, 11) is 0. The molecule has 1 fully saturated rings. The Bertz CT molecular complexity index is 1340. The van der Waals surface area contributed by atoms with E-state index < -0.39 is 0 Å². The Hall–Kier alpha value is -2.93. The van der Waals surface area contributed by atoms with Crippen molar-refractivity contribution < 1.29 is 4.79 Å². The predicted molar refractivity (Wildman–Crippen MR) is 141 cm³/mol. The van der Waals surface area contributed by atoms with Crippen molar-refractivity contribution in [3.63, 3.8) is 0 Å². The largest absolute Gasteiger partial charge is 0.309 e. The number of thiocarbonyl (C=S) groups is 1. The molecule has 1 aromatic heterocycles. The summed E-state index contributed by atoms with van der Waals surface area (Å²) in [5, 5.41) is 2.71. The first-order chi connectivity index (χ1) is 15.6. The van der Waals surface area contributed by atoms with E-state index in [0.717, 1.165) is 38.2 Å². The Morgan fingerprint density at radius 2 is 1.50 bits per heavy atom. The Labute approximate surface area is 204 Å². The van der Waals surface area contributed by atoms with Gasteiger partial charge in [-0.05, 0) is 47.5 Å². The van der Waals surface area contributed by atoms with Crippen molar-refractivity contribution in [3.05, 3.63) is 106 Å². The van der Waals surface area contributed by atoms with Gasteiger partial charge in [-0.2, -0.15) is 0 Å². The third-order valence-electron chi connectivity index (χ3n) is 5.16. The average Bonchev–Trinajstić information content (AvgIpc) is 3.34. The summed E-state index contributed by atoms with van der Waals surface area (Å²) in [6, 6.07) is 30.9. The van der Waals surface area contributed by atoms with E-state index >= 15 is 0 Å². The number of halogens is 1. The summed E-state index contributed by atoms with van der Waals surface area (Å²) in [4.78, 5) is 13.0. The lowest BCUT2D eigenvalue weighted by molar-refractivity contribution is -0.115. The number of carbonyl (C=O) groups is 1. The van der Waals surface area contributed by atoms with Gasteiger partial charge in [0, 0.05) is 15.7 Å². The molecule has 0 atom stereocenters. The van der Waals surface area contributed by atoms with Crippen LogP contribution in [0.4, 0.5) is 0 Å². The minimum Gasteiger partial charge on any atom is -0.309 e. The predicted octanol–water partition coefficient (Wildman–Crippen LogP) is 7.06. The van der Waals surface area contributed by atoms with Crippen LogP contribution in [0.1, 0.15) is 5.56 Å². The molecular formula is C26H17BrN2OS2. The molecule has 1 N–H and O–H groups in total. The van der Waals surface area contributed by atoms with E-state index in [0.29, 0.717) is 9.23 Å². The van der Waals surface area contributed by atoms with Crippen LogP contribution < -0.4 is 5.32 Å². The number of benzene rings is 3. The highest BCUT2D eigenvalue weighted by Gasteiger charge is 2.25. The highest BCUT2D eigenvalue weighted by Crippen LogP contribution is 2.38. The summed E-state index contributed by atoms with van der Waals surface area (Å²) in [6.07, 6.45) is 1.93. The molecule has 0 spiro atoms. The van der Waals surface area contributed by atoms with E-state index in [1.54, 1.807) is 0 Å². The van der Waals surface area contributed by atoms with Crippen LogP contribution >= 0.6 is 39.9 Å². The van der Waals surface area contributed by atoms with Crippen LogP contribution in [0.3, 0.4) is 0 Å². The van der Waals surface area contributed by atoms with E-state index in [1.807, 2.05) is 54.6 Å². The van der Waals surface area contributed by atoms with E-state index in [9.17, 15) is 4.79 Å². The molecule has 3 nitrogen and oxygen atoms in total. The zero-order valence-electron chi connectivity index (χ0n) is 16.8. The van der Waals surface area contributed by atoms with Gasteiger partial charge in [-0.25, -0.2) is 0 Å². The monoisotopic (exact) mass is 516 g/mol. The van der Waals surface area contributed by atoms with E-state index in [-0.39, 0.29) is 5.91 Å². The van der Waals surface area contributed by atoms with Crippen LogP contribution in [0, 0.1) is 0 Å². The molecule has 1 amide bonds. The standard InChI is InChI=1S/C26H17BrN2OS2/c27-20-11-13-21(14-12-20)29-22(17-7-3-1-4-8-17)15-19(16-23-25(30)28-26(31)32-23)24(29)18-9-5-2-6-10-18/h1-16H,(H,28,30,31)/b23-16+. The fraction of sp³-hybridized carbons (Fsp3) is 0. The third-order valence-corrected chi connectivity index (χ3v) is 6.85. The molecule has 2 heterocycles. The molecule has 0 bridgehead atoms. The number of aromatic nitrogens is 1. The van der Waals surface area contributed by atoms with E-state index in [1.165, 1.54) is 11.8 Å². The first-order valence-electron chi connectivity index (χ1n) is 9.97. The quantitative estimate of drug-likeness (QED) is 0.232. The van der Waals surface area contributed by atoms with Crippen molar-refractivity contribution in [2.24, 2.45) is 0 Å². The lowest BCUT2D eigenvalue weighted by atomic mass is 10.1. The lowest BCUT2D eigenvalue weighted by Gasteiger charge is -2.15. The van der Waals surface area contributed by atoms with Gasteiger partial charge in [0.2, 0.25) is 0 Å². The second-order valence-electron chi connectivity index (χ2n) is 7.23. The number of nitrogens with zero attached hydrogens (tertiary/aromatic N) is 1. The Kier molecular flexibility index (Phi) is 5.83. The van der Waals surface area contributed by atoms with Gasteiger partial charge < -0.3 is 9.88 Å². The van der Waals surface area contributed by atoms with Crippen LogP contribution in [0.15, 0.2) is 100 Å². The molecule has 1 aliphatic heterocycles. The summed E-state index contributed by atoms with van der Waals surface area (Å²) in [5.74, 6) is -0.156. The molecule has 4 aromatic rings. The second kappa shape index (κ2) is 8.90. The molecule has 0 aliphatic carbocycles. The highest BCUT2D eigenvalue weighted by atomic mass is 79.9. The van der Waals surface area contributed by atoms with E-state index in [2.05, 4.69) is 68.3 Å². The molecular weight excluding hydrogens is 500 g/mol. The molecule has 6 heteroatoms. The highest BCUT2D eigenvalue weighted by molar-refractivity contribution is 9.10. The number of hydrogen-bond donors (Lipinski definition) is 1. The van der Waals surface area contributed by atoms with Crippen LogP contribution in [-0.2, 0) is 4.79 Å². The summed E-state index contributed by atoms with van der Waals surface area (Å²) >= 11 is 10.0. The van der Waals surface area contributed by atoms with Gasteiger partial charge in [-0.15, -0.1) is 0 Å². The van der Waals surface area contributed by atoms with Crippen molar-refractivity contribution in [2.45, 2.75) is 0 Å². The molecule has 5 rings (SSSR count).